The molecule has 122 valence electrons. The maximum absolute atomic E-state index is 14.3. The molecule has 0 atom stereocenters. The lowest BCUT2D eigenvalue weighted by Crippen LogP contribution is -2.04. The van der Waals surface area contributed by atoms with Crippen LogP contribution in [0.15, 0.2) is 11.0 Å². The van der Waals surface area contributed by atoms with Gasteiger partial charge in [0.25, 0.3) is 0 Å². The van der Waals surface area contributed by atoms with Gasteiger partial charge in [0.2, 0.25) is 0 Å². The molecular weight excluding hydrogens is 343 g/mol. The summed E-state index contributed by atoms with van der Waals surface area (Å²) < 4.78 is 23.5. The maximum atomic E-state index is 14.3. The van der Waals surface area contributed by atoms with E-state index in [0.717, 1.165) is 22.7 Å². The first-order valence-corrected chi connectivity index (χ1v) is 8.05. The minimum absolute atomic E-state index is 0.0849. The summed E-state index contributed by atoms with van der Waals surface area (Å²) in [5.74, 6) is -1.84. The predicted molar refractivity (Wildman–Crippen MR) is 85.3 cm³/mol. The zero-order valence-corrected chi connectivity index (χ0v) is 14.4. The van der Waals surface area contributed by atoms with Crippen LogP contribution in [0.2, 0.25) is 0 Å². The fourth-order valence-corrected chi connectivity index (χ4v) is 3.51. The summed E-state index contributed by atoms with van der Waals surface area (Å²) in [7, 11) is 2.45. The summed E-state index contributed by atoms with van der Waals surface area (Å²) in [6.07, 6.45) is 0. The van der Waals surface area contributed by atoms with Gasteiger partial charge in [-0.2, -0.15) is 0 Å². The molecule has 0 N–H and O–H groups in total. The molecular formula is C14H13FN2O4S2. The third kappa shape index (κ3) is 3.45. The van der Waals surface area contributed by atoms with Crippen LogP contribution >= 0.6 is 22.7 Å². The Labute approximate surface area is 139 Å². The van der Waals surface area contributed by atoms with Crippen LogP contribution in [-0.4, -0.2) is 36.1 Å². The molecule has 0 unspecified atom stereocenters. The quantitative estimate of drug-likeness (QED) is 0.780. The Balaban J connectivity index is 2.53. The maximum Gasteiger partial charge on any atom is 0.358 e. The van der Waals surface area contributed by atoms with E-state index in [2.05, 4.69) is 19.4 Å². The van der Waals surface area contributed by atoms with E-state index < -0.39 is 17.8 Å². The van der Waals surface area contributed by atoms with Gasteiger partial charge < -0.3 is 9.47 Å². The van der Waals surface area contributed by atoms with Crippen molar-refractivity contribution in [3.63, 3.8) is 0 Å². The van der Waals surface area contributed by atoms with Crippen molar-refractivity contribution < 1.29 is 23.5 Å². The first-order valence-electron chi connectivity index (χ1n) is 6.35. The van der Waals surface area contributed by atoms with Gasteiger partial charge in [-0.15, -0.1) is 22.7 Å². The van der Waals surface area contributed by atoms with Gasteiger partial charge in [-0.3, -0.25) is 0 Å². The molecule has 0 aromatic carbocycles. The number of nitrogens with zero attached hydrogens (tertiary/aromatic N) is 2. The van der Waals surface area contributed by atoms with Crippen LogP contribution in [0.1, 0.15) is 39.7 Å². The van der Waals surface area contributed by atoms with E-state index >= 15 is 0 Å². The highest BCUT2D eigenvalue weighted by atomic mass is 32.1. The topological polar surface area (TPSA) is 78.4 Å². The van der Waals surface area contributed by atoms with E-state index in [9.17, 15) is 14.0 Å². The summed E-state index contributed by atoms with van der Waals surface area (Å²) in [5.41, 5.74) is 0.437. The molecule has 2 aromatic heterocycles. The molecule has 0 aliphatic heterocycles. The lowest BCUT2D eigenvalue weighted by Gasteiger charge is -1.99. The molecule has 0 aliphatic rings. The number of halogens is 1. The van der Waals surface area contributed by atoms with E-state index in [1.807, 2.05) is 0 Å². The Hall–Kier alpha value is -2.13. The van der Waals surface area contributed by atoms with Crippen LogP contribution < -0.4 is 0 Å². The van der Waals surface area contributed by atoms with E-state index in [1.165, 1.54) is 19.6 Å². The van der Waals surface area contributed by atoms with Crippen LogP contribution in [-0.2, 0) is 9.47 Å². The Kier molecular flexibility index (Phi) is 5.22. The molecule has 2 aromatic rings. The average Bonchev–Trinajstić information content (AvgIpc) is 3.19. The van der Waals surface area contributed by atoms with E-state index in [1.54, 1.807) is 13.8 Å². The summed E-state index contributed by atoms with van der Waals surface area (Å²) in [6, 6.07) is 0. The molecule has 0 amide bonds. The molecule has 0 radical (unpaired) electrons. The first-order chi connectivity index (χ1) is 10.9. The van der Waals surface area contributed by atoms with Gasteiger partial charge in [0.15, 0.2) is 21.4 Å². The molecule has 23 heavy (non-hydrogen) atoms. The standard InChI is InChI=1S/C14H13FN2O4S2/c1-6(2)8(15)10-9(14(19)21-4)17-12(23-10)11-16-7(5-22-11)13(18)20-3/h5H,1-4H3. The van der Waals surface area contributed by atoms with Crippen molar-refractivity contribution in [1.82, 2.24) is 9.97 Å². The van der Waals surface area contributed by atoms with Crippen LogP contribution in [0, 0.1) is 0 Å². The molecule has 0 saturated heterocycles. The highest BCUT2D eigenvalue weighted by Gasteiger charge is 2.25. The lowest BCUT2D eigenvalue weighted by atomic mass is 10.2. The zero-order chi connectivity index (χ0) is 17.1. The van der Waals surface area contributed by atoms with Crippen LogP contribution in [0.3, 0.4) is 0 Å². The second kappa shape index (κ2) is 6.97. The lowest BCUT2D eigenvalue weighted by molar-refractivity contribution is 0.0585. The van der Waals surface area contributed by atoms with Gasteiger partial charge in [0.1, 0.15) is 5.83 Å². The number of carbonyl (C=O) groups excluding carboxylic acids is 2. The third-order valence-electron chi connectivity index (χ3n) is 2.73. The molecule has 0 fully saturated rings. The zero-order valence-electron chi connectivity index (χ0n) is 12.8. The van der Waals surface area contributed by atoms with Crippen LogP contribution in [0.4, 0.5) is 4.39 Å². The van der Waals surface area contributed by atoms with Crippen molar-refractivity contribution in [3.8, 4) is 10.0 Å². The summed E-state index contributed by atoms with van der Waals surface area (Å²) in [4.78, 5) is 31.6. The number of hydrogen-bond acceptors (Lipinski definition) is 8. The van der Waals surface area contributed by atoms with Crippen LogP contribution in [0.5, 0.6) is 0 Å². The van der Waals surface area contributed by atoms with Crippen molar-refractivity contribution in [3.05, 3.63) is 27.2 Å². The molecule has 0 spiro atoms. The Bertz CT molecular complexity index is 791. The number of ether oxygens (including phenoxy) is 2. The predicted octanol–water partition coefficient (Wildman–Crippen LogP) is 3.56. The van der Waals surface area contributed by atoms with Crippen LogP contribution in [0.25, 0.3) is 15.8 Å². The number of hydrogen-bond donors (Lipinski definition) is 0. The number of thiazole rings is 2. The molecule has 9 heteroatoms. The first kappa shape index (κ1) is 17.2. The monoisotopic (exact) mass is 356 g/mol. The number of esters is 2. The smallest absolute Gasteiger partial charge is 0.358 e. The van der Waals surface area contributed by atoms with E-state index in [4.69, 9.17) is 0 Å². The molecule has 0 saturated carbocycles. The normalized spacial score (nSPS) is 10.3. The highest BCUT2D eigenvalue weighted by Crippen LogP contribution is 2.36. The summed E-state index contributed by atoms with van der Waals surface area (Å²) >= 11 is 2.13. The van der Waals surface area contributed by atoms with Crippen molar-refractivity contribution in [2.45, 2.75) is 13.8 Å². The highest BCUT2D eigenvalue weighted by molar-refractivity contribution is 7.21. The van der Waals surface area contributed by atoms with Gasteiger partial charge >= 0.3 is 11.9 Å². The number of aromatic nitrogens is 2. The number of rotatable bonds is 4. The second-order valence-corrected chi connectivity index (χ2v) is 6.39. The Morgan fingerprint density at radius 3 is 2.30 bits per heavy atom. The number of methoxy groups -OCH3 is 2. The third-order valence-corrected chi connectivity index (χ3v) is 4.76. The van der Waals surface area contributed by atoms with Crippen molar-refractivity contribution in [2.24, 2.45) is 0 Å². The van der Waals surface area contributed by atoms with Gasteiger partial charge in [0.05, 0.1) is 19.1 Å². The van der Waals surface area contributed by atoms with Crippen molar-refractivity contribution in [2.75, 3.05) is 14.2 Å². The minimum Gasteiger partial charge on any atom is -0.464 e. The molecule has 6 nitrogen and oxygen atoms in total. The van der Waals surface area contributed by atoms with Crippen molar-refractivity contribution in [1.29, 1.82) is 0 Å². The fourth-order valence-electron chi connectivity index (χ4n) is 1.59. The number of carbonyl (C=O) groups is 2. The van der Waals surface area contributed by atoms with Gasteiger partial charge in [-0.25, -0.2) is 23.9 Å². The second-order valence-electron chi connectivity index (χ2n) is 4.53. The molecule has 0 bridgehead atoms. The van der Waals surface area contributed by atoms with Gasteiger partial charge in [-0.05, 0) is 19.4 Å². The summed E-state index contributed by atoms with van der Waals surface area (Å²) in [5, 5.41) is 2.24. The average molecular weight is 356 g/mol. The van der Waals surface area contributed by atoms with Crippen molar-refractivity contribution >= 4 is 40.4 Å². The number of allylic oxidation sites excluding steroid dienone is 1. The fraction of sp³-hybridized carbons (Fsp3) is 0.286. The summed E-state index contributed by atoms with van der Waals surface area (Å²) in [6.45, 7) is 3.18. The Morgan fingerprint density at radius 2 is 1.74 bits per heavy atom. The molecule has 2 rings (SSSR count). The van der Waals surface area contributed by atoms with E-state index in [-0.39, 0.29) is 16.3 Å². The minimum atomic E-state index is -0.733. The Morgan fingerprint density at radius 1 is 1.09 bits per heavy atom. The molecule has 0 aliphatic carbocycles. The molecule has 2 heterocycles. The van der Waals surface area contributed by atoms with Gasteiger partial charge in [-0.1, -0.05) is 0 Å². The SMILES string of the molecule is COC(=O)c1csc(-c2nc(C(=O)OC)c(C(F)=C(C)C)s2)n1. The van der Waals surface area contributed by atoms with Gasteiger partial charge in [0, 0.05) is 5.38 Å². The largest absolute Gasteiger partial charge is 0.464 e. The van der Waals surface area contributed by atoms with E-state index in [0.29, 0.717) is 15.6 Å².